The van der Waals surface area contributed by atoms with Crippen molar-refractivity contribution in [2.45, 2.75) is 44.9 Å². The molecule has 3 heteroatoms. The van der Waals surface area contributed by atoms with Gasteiger partial charge in [-0.3, -0.25) is 0 Å². The smallest absolute Gasteiger partial charge is 0.0801 e. The molecule has 0 saturated carbocycles. The van der Waals surface area contributed by atoms with E-state index in [-0.39, 0.29) is 0 Å². The summed E-state index contributed by atoms with van der Waals surface area (Å²) in [4.78, 5) is 0. The lowest BCUT2D eigenvalue weighted by Crippen LogP contribution is -2.13. The van der Waals surface area contributed by atoms with Crippen LogP contribution in [-0.2, 0) is 12.8 Å². The highest BCUT2D eigenvalue weighted by Gasteiger charge is 2.40. The average Bonchev–Trinajstić information content (AvgIpc) is 3.56. The van der Waals surface area contributed by atoms with E-state index >= 15 is 0 Å². The SMILES string of the molecule is C1=CCC2C(=C1)NC1=C2c2c(n(-c3ccccc3)c3c4c(n(C5=CCCC=C5)c23)CCC=C4)CC1. The Hall–Kier alpha value is -3.72. The lowest BCUT2D eigenvalue weighted by molar-refractivity contribution is 0.762. The van der Waals surface area contributed by atoms with E-state index in [4.69, 9.17) is 0 Å². The zero-order valence-corrected chi connectivity index (χ0v) is 19.9. The van der Waals surface area contributed by atoms with Gasteiger partial charge >= 0.3 is 0 Å². The number of nitrogens with zero attached hydrogens (tertiary/aromatic N) is 2. The minimum absolute atomic E-state index is 0.440. The predicted octanol–water partition coefficient (Wildman–Crippen LogP) is 7.30. The van der Waals surface area contributed by atoms with E-state index in [1.54, 1.807) is 5.57 Å². The Kier molecular flexibility index (Phi) is 4.13. The van der Waals surface area contributed by atoms with Crippen molar-refractivity contribution in [3.05, 3.63) is 107 Å². The van der Waals surface area contributed by atoms with E-state index in [1.807, 2.05) is 0 Å². The molecule has 1 N–H and O–H groups in total. The zero-order chi connectivity index (χ0) is 22.9. The molecule has 0 fully saturated rings. The number of nitrogens with one attached hydrogen (secondary N) is 1. The van der Waals surface area contributed by atoms with E-state index in [2.05, 4.69) is 93.4 Å². The second-order valence-electron chi connectivity index (χ2n) is 10.3. The molecule has 0 spiro atoms. The number of rotatable bonds is 2. The van der Waals surface area contributed by atoms with E-state index in [1.165, 1.54) is 56.3 Å². The maximum absolute atomic E-state index is 3.84. The summed E-state index contributed by atoms with van der Waals surface area (Å²) in [5.41, 5.74) is 15.7. The second kappa shape index (κ2) is 7.39. The van der Waals surface area contributed by atoms with Gasteiger partial charge in [0.05, 0.1) is 11.0 Å². The van der Waals surface area contributed by atoms with Crippen molar-refractivity contribution in [1.82, 2.24) is 14.5 Å². The molecule has 0 radical (unpaired) electrons. The van der Waals surface area contributed by atoms with Crippen LogP contribution in [0, 0.1) is 5.92 Å². The third-order valence-electron chi connectivity index (χ3n) is 8.39. The first-order chi connectivity index (χ1) is 17.4. The van der Waals surface area contributed by atoms with Crippen molar-refractivity contribution in [3.8, 4) is 5.69 Å². The van der Waals surface area contributed by atoms with Crippen LogP contribution < -0.4 is 5.32 Å². The topological polar surface area (TPSA) is 21.9 Å². The lowest BCUT2D eigenvalue weighted by Gasteiger charge is -2.23. The molecule has 1 aliphatic heterocycles. The van der Waals surface area contributed by atoms with Gasteiger partial charge < -0.3 is 14.5 Å². The Balaban J connectivity index is 1.53. The summed E-state index contributed by atoms with van der Waals surface area (Å²) in [5, 5.41) is 3.84. The van der Waals surface area contributed by atoms with Gasteiger partial charge in [-0.1, -0.05) is 54.7 Å². The van der Waals surface area contributed by atoms with Crippen LogP contribution in [0.4, 0.5) is 0 Å². The lowest BCUT2D eigenvalue weighted by atomic mass is 9.83. The number of para-hydroxylation sites is 1. The molecular weight excluding hydrogens is 426 g/mol. The summed E-state index contributed by atoms with van der Waals surface area (Å²) in [6.07, 6.45) is 26.4. The Morgan fingerprint density at radius 2 is 1.71 bits per heavy atom. The van der Waals surface area contributed by atoms with Gasteiger partial charge in [-0.15, -0.1) is 0 Å². The minimum atomic E-state index is 0.440. The monoisotopic (exact) mass is 455 g/mol. The highest BCUT2D eigenvalue weighted by molar-refractivity contribution is 6.04. The predicted molar refractivity (Wildman–Crippen MR) is 145 cm³/mol. The molecule has 35 heavy (non-hydrogen) atoms. The van der Waals surface area contributed by atoms with Crippen molar-refractivity contribution < 1.29 is 0 Å². The van der Waals surface area contributed by atoms with Gasteiger partial charge in [0.2, 0.25) is 0 Å². The molecule has 4 aliphatic carbocycles. The maximum atomic E-state index is 3.84. The minimum Gasteiger partial charge on any atom is -0.361 e. The molecule has 2 aromatic heterocycles. The summed E-state index contributed by atoms with van der Waals surface area (Å²) in [7, 11) is 0. The molecule has 0 saturated heterocycles. The number of fused-ring (bicyclic) bond motifs is 8. The molecular formula is C32H29N3. The third kappa shape index (κ3) is 2.67. The number of benzene rings is 1. The van der Waals surface area contributed by atoms with Gasteiger partial charge in [-0.2, -0.15) is 0 Å². The van der Waals surface area contributed by atoms with Crippen LogP contribution in [0.5, 0.6) is 0 Å². The standard InChI is InChI=1S/C32H29N3/c1-3-11-21(12-4-1)34-27-18-10-8-16-24(27)31-32(34)30-28(35(31)22-13-5-2-6-14-22)20-19-26-29(30)23-15-7-9-17-25(23)33-26/h2-3,5-9,11-14,16-17,23,33H,1,4,10,15,18-20H2. The first-order valence-electron chi connectivity index (χ1n) is 13.2. The number of allylic oxidation sites excluding steroid dienone is 10. The average molecular weight is 456 g/mol. The van der Waals surface area contributed by atoms with Gasteiger partial charge in [-0.25, -0.2) is 0 Å². The normalized spacial score (nSPS) is 21.9. The van der Waals surface area contributed by atoms with Crippen molar-refractivity contribution in [1.29, 1.82) is 0 Å². The highest BCUT2D eigenvalue weighted by atomic mass is 15.1. The molecule has 0 bridgehead atoms. The van der Waals surface area contributed by atoms with E-state index in [0.29, 0.717) is 5.92 Å². The number of hydrogen-bond acceptors (Lipinski definition) is 1. The van der Waals surface area contributed by atoms with Gasteiger partial charge in [0.15, 0.2) is 0 Å². The first-order valence-corrected chi connectivity index (χ1v) is 13.2. The van der Waals surface area contributed by atoms with Crippen LogP contribution in [-0.4, -0.2) is 9.13 Å². The van der Waals surface area contributed by atoms with Gasteiger partial charge in [-0.05, 0) is 74.8 Å². The Morgan fingerprint density at radius 1 is 0.800 bits per heavy atom. The quantitative estimate of drug-likeness (QED) is 0.430. The van der Waals surface area contributed by atoms with Crippen LogP contribution in [0.3, 0.4) is 0 Å². The summed E-state index contributed by atoms with van der Waals surface area (Å²) >= 11 is 0. The molecule has 0 amide bonds. The summed E-state index contributed by atoms with van der Waals surface area (Å²) in [5.74, 6) is 0.440. The molecule has 172 valence electrons. The van der Waals surface area contributed by atoms with Crippen molar-refractivity contribution >= 4 is 28.4 Å². The third-order valence-corrected chi connectivity index (χ3v) is 8.39. The van der Waals surface area contributed by atoms with Gasteiger partial charge in [0.1, 0.15) is 0 Å². The molecule has 1 atom stereocenters. The Morgan fingerprint density at radius 3 is 2.60 bits per heavy atom. The maximum Gasteiger partial charge on any atom is 0.0801 e. The summed E-state index contributed by atoms with van der Waals surface area (Å²) in [6.45, 7) is 0. The van der Waals surface area contributed by atoms with Gasteiger partial charge in [0, 0.05) is 51.2 Å². The molecule has 1 aromatic carbocycles. The largest absolute Gasteiger partial charge is 0.361 e. The fourth-order valence-corrected chi connectivity index (χ4v) is 6.99. The summed E-state index contributed by atoms with van der Waals surface area (Å²) < 4.78 is 5.24. The zero-order valence-electron chi connectivity index (χ0n) is 19.9. The highest BCUT2D eigenvalue weighted by Crippen LogP contribution is 2.51. The molecule has 8 rings (SSSR count). The van der Waals surface area contributed by atoms with Crippen molar-refractivity contribution in [2.24, 2.45) is 5.92 Å². The Bertz CT molecular complexity index is 1580. The second-order valence-corrected chi connectivity index (χ2v) is 10.3. The molecule has 1 unspecified atom stereocenters. The molecule has 3 aromatic rings. The molecule has 5 aliphatic rings. The fraction of sp³-hybridized carbons (Fsp3) is 0.250. The Labute approximate surface area is 206 Å². The van der Waals surface area contributed by atoms with Gasteiger partial charge in [0.25, 0.3) is 0 Å². The number of hydrogen-bond donors (Lipinski definition) is 1. The molecule has 3 heterocycles. The number of aromatic nitrogens is 2. The first kappa shape index (κ1) is 19.6. The van der Waals surface area contributed by atoms with E-state index in [9.17, 15) is 0 Å². The van der Waals surface area contributed by atoms with Crippen molar-refractivity contribution in [3.63, 3.8) is 0 Å². The van der Waals surface area contributed by atoms with Crippen LogP contribution in [0.1, 0.15) is 54.6 Å². The summed E-state index contributed by atoms with van der Waals surface area (Å²) in [6, 6.07) is 11.0. The fourth-order valence-electron chi connectivity index (χ4n) is 6.99. The van der Waals surface area contributed by atoms with Crippen LogP contribution in [0.25, 0.3) is 34.1 Å². The van der Waals surface area contributed by atoms with E-state index < -0.39 is 0 Å². The van der Waals surface area contributed by atoms with E-state index in [0.717, 1.165) is 44.9 Å². The van der Waals surface area contributed by atoms with Crippen molar-refractivity contribution in [2.75, 3.05) is 0 Å². The van der Waals surface area contributed by atoms with Crippen LogP contribution in [0.15, 0.2) is 84.3 Å². The van der Waals surface area contributed by atoms with Crippen LogP contribution in [0.2, 0.25) is 0 Å². The van der Waals surface area contributed by atoms with Crippen LogP contribution >= 0.6 is 0 Å². The molecule has 3 nitrogen and oxygen atoms in total.